The molecule has 1 aromatic heterocycles. The summed E-state index contributed by atoms with van der Waals surface area (Å²) in [7, 11) is 4.19. The molecule has 0 saturated heterocycles. The third-order valence-corrected chi connectivity index (χ3v) is 4.01. The zero-order valence-electron chi connectivity index (χ0n) is 10.9. The first-order valence-corrected chi connectivity index (χ1v) is 7.04. The van der Waals surface area contributed by atoms with E-state index in [9.17, 15) is 0 Å². The first kappa shape index (κ1) is 14.0. The van der Waals surface area contributed by atoms with E-state index >= 15 is 0 Å². The van der Waals surface area contributed by atoms with Gasteiger partial charge in [0.15, 0.2) is 0 Å². The quantitative estimate of drug-likeness (QED) is 0.836. The number of likely N-dealkylation sites (N-methyl/N-ethyl adjacent to an activating group) is 1. The van der Waals surface area contributed by atoms with E-state index in [1.54, 1.807) is 0 Å². The fraction of sp³-hybridized carbons (Fsp3) is 0.750. The van der Waals surface area contributed by atoms with Crippen molar-refractivity contribution in [1.29, 1.82) is 0 Å². The van der Waals surface area contributed by atoms with E-state index in [1.165, 1.54) is 15.6 Å². The van der Waals surface area contributed by atoms with Gasteiger partial charge in [0.2, 0.25) is 0 Å². The van der Waals surface area contributed by atoms with E-state index in [2.05, 4.69) is 52.4 Å². The Morgan fingerprint density at radius 3 is 2.31 bits per heavy atom. The van der Waals surface area contributed by atoms with Crippen LogP contribution < -0.4 is 0 Å². The van der Waals surface area contributed by atoms with E-state index in [0.717, 1.165) is 18.7 Å². The summed E-state index contributed by atoms with van der Waals surface area (Å²) < 4.78 is 0. The third kappa shape index (κ3) is 3.75. The Morgan fingerprint density at radius 1 is 1.31 bits per heavy atom. The minimum absolute atomic E-state index is 0.130. The van der Waals surface area contributed by atoms with Crippen LogP contribution in [0.3, 0.4) is 0 Å². The van der Waals surface area contributed by atoms with Crippen LogP contribution in [0.15, 0.2) is 0 Å². The zero-order chi connectivity index (χ0) is 12.3. The number of thiazole rings is 1. The van der Waals surface area contributed by atoms with Crippen LogP contribution in [0.5, 0.6) is 0 Å². The van der Waals surface area contributed by atoms with Crippen molar-refractivity contribution in [2.75, 3.05) is 20.6 Å². The van der Waals surface area contributed by atoms with Gasteiger partial charge in [0.25, 0.3) is 0 Å². The molecule has 4 heteroatoms. The summed E-state index contributed by atoms with van der Waals surface area (Å²) in [6.07, 6.45) is 1.04. The van der Waals surface area contributed by atoms with Crippen LogP contribution >= 0.6 is 24.0 Å². The Kier molecular flexibility index (Phi) is 4.83. The summed E-state index contributed by atoms with van der Waals surface area (Å²) in [6, 6.07) is 0. The number of hydrogen-bond donors (Lipinski definition) is 1. The second kappa shape index (κ2) is 5.52. The van der Waals surface area contributed by atoms with Gasteiger partial charge in [-0.2, -0.15) is 12.6 Å². The molecule has 0 atom stereocenters. The predicted molar refractivity (Wildman–Crippen MR) is 75.8 cm³/mol. The highest BCUT2D eigenvalue weighted by atomic mass is 32.1. The topological polar surface area (TPSA) is 16.1 Å². The van der Waals surface area contributed by atoms with Crippen molar-refractivity contribution in [2.45, 2.75) is 38.4 Å². The average molecular weight is 258 g/mol. The van der Waals surface area contributed by atoms with Crippen molar-refractivity contribution in [3.8, 4) is 0 Å². The Bertz CT molecular complexity index is 337. The first-order chi connectivity index (χ1) is 7.34. The van der Waals surface area contributed by atoms with Crippen molar-refractivity contribution < 1.29 is 0 Å². The van der Waals surface area contributed by atoms with Crippen LogP contribution in [0.2, 0.25) is 0 Å². The van der Waals surface area contributed by atoms with Crippen molar-refractivity contribution >= 4 is 24.0 Å². The maximum Gasteiger partial charge on any atom is 0.0944 e. The molecule has 0 fully saturated rings. The lowest BCUT2D eigenvalue weighted by atomic mass is 9.91. The highest BCUT2D eigenvalue weighted by molar-refractivity contribution is 7.79. The van der Waals surface area contributed by atoms with Gasteiger partial charge in [-0.05, 0) is 14.1 Å². The molecule has 1 heterocycles. The lowest BCUT2D eigenvalue weighted by Gasteiger charge is -2.16. The molecule has 1 aromatic rings. The largest absolute Gasteiger partial charge is 0.309 e. The number of aromatic nitrogens is 1. The summed E-state index contributed by atoms with van der Waals surface area (Å²) >= 11 is 6.21. The van der Waals surface area contributed by atoms with E-state index in [-0.39, 0.29) is 5.41 Å². The maximum atomic E-state index is 4.77. The lowest BCUT2D eigenvalue weighted by Crippen LogP contribution is -2.16. The highest BCUT2D eigenvalue weighted by Crippen LogP contribution is 2.30. The van der Waals surface area contributed by atoms with Crippen LogP contribution in [0.4, 0.5) is 0 Å². The maximum absolute atomic E-state index is 4.77. The number of hydrogen-bond acceptors (Lipinski definition) is 4. The second-order valence-electron chi connectivity index (χ2n) is 5.34. The Balaban J connectivity index is 2.86. The summed E-state index contributed by atoms with van der Waals surface area (Å²) in [5.41, 5.74) is 1.35. The van der Waals surface area contributed by atoms with Crippen LogP contribution in [-0.4, -0.2) is 30.5 Å². The highest BCUT2D eigenvalue weighted by Gasteiger charge is 2.22. The molecule has 0 aliphatic rings. The van der Waals surface area contributed by atoms with Crippen LogP contribution in [-0.2, 0) is 17.6 Å². The molecule has 92 valence electrons. The number of thiol groups is 1. The van der Waals surface area contributed by atoms with Gasteiger partial charge in [-0.3, -0.25) is 0 Å². The normalized spacial score (nSPS) is 12.4. The summed E-state index contributed by atoms with van der Waals surface area (Å²) in [6.45, 7) is 7.70. The smallest absolute Gasteiger partial charge is 0.0944 e. The molecule has 2 nitrogen and oxygen atoms in total. The second-order valence-corrected chi connectivity index (χ2v) is 6.83. The standard InChI is InChI=1S/C12H22N2S2/c1-12(2,3)11-9(8-15)16-10(13-11)6-7-14(4)5/h15H,6-8H2,1-5H3. The summed E-state index contributed by atoms with van der Waals surface area (Å²) in [5, 5.41) is 1.24. The molecule has 0 N–H and O–H groups in total. The molecule has 0 aliphatic heterocycles. The van der Waals surface area contributed by atoms with Gasteiger partial charge in [-0.15, -0.1) is 11.3 Å². The monoisotopic (exact) mass is 258 g/mol. The molecule has 0 aliphatic carbocycles. The molecular formula is C12H22N2S2. The first-order valence-electron chi connectivity index (χ1n) is 5.59. The minimum atomic E-state index is 0.130. The van der Waals surface area contributed by atoms with Gasteiger partial charge in [0, 0.05) is 29.0 Å². The minimum Gasteiger partial charge on any atom is -0.309 e. The molecule has 0 unspecified atom stereocenters. The van der Waals surface area contributed by atoms with Crippen LogP contribution in [0.1, 0.15) is 36.3 Å². The molecule has 0 bridgehead atoms. The van der Waals surface area contributed by atoms with E-state index < -0.39 is 0 Å². The Morgan fingerprint density at radius 2 is 1.94 bits per heavy atom. The molecule has 0 radical (unpaired) electrons. The molecule has 1 rings (SSSR count). The van der Waals surface area contributed by atoms with Gasteiger partial charge in [-0.25, -0.2) is 4.98 Å². The van der Waals surface area contributed by atoms with Gasteiger partial charge >= 0.3 is 0 Å². The van der Waals surface area contributed by atoms with Gasteiger partial charge in [-0.1, -0.05) is 20.8 Å². The molecule has 0 spiro atoms. The van der Waals surface area contributed by atoms with E-state index in [4.69, 9.17) is 4.98 Å². The zero-order valence-corrected chi connectivity index (χ0v) is 12.6. The number of nitrogens with zero attached hydrogens (tertiary/aromatic N) is 2. The van der Waals surface area contributed by atoms with Crippen molar-refractivity contribution in [3.63, 3.8) is 0 Å². The molecular weight excluding hydrogens is 236 g/mol. The molecule has 0 aromatic carbocycles. The van der Waals surface area contributed by atoms with E-state index in [0.29, 0.717) is 0 Å². The third-order valence-electron chi connectivity index (χ3n) is 2.37. The summed E-state index contributed by atoms with van der Waals surface area (Å²) in [4.78, 5) is 8.28. The molecule has 16 heavy (non-hydrogen) atoms. The van der Waals surface area contributed by atoms with Crippen LogP contribution in [0, 0.1) is 0 Å². The van der Waals surface area contributed by atoms with Gasteiger partial charge in [0.1, 0.15) is 0 Å². The predicted octanol–water partition coefficient (Wildman–Crippen LogP) is 2.97. The van der Waals surface area contributed by atoms with Gasteiger partial charge in [0.05, 0.1) is 10.7 Å². The van der Waals surface area contributed by atoms with Crippen LogP contribution in [0.25, 0.3) is 0 Å². The average Bonchev–Trinajstić information content (AvgIpc) is 2.57. The van der Waals surface area contributed by atoms with Crippen molar-refractivity contribution in [3.05, 3.63) is 15.6 Å². The van der Waals surface area contributed by atoms with Crippen molar-refractivity contribution in [1.82, 2.24) is 9.88 Å². The van der Waals surface area contributed by atoms with Gasteiger partial charge < -0.3 is 4.90 Å². The Hall–Kier alpha value is -0.0600. The summed E-state index contributed by atoms with van der Waals surface area (Å²) in [5.74, 6) is 0.798. The molecule has 0 saturated carbocycles. The Labute approximate surface area is 108 Å². The fourth-order valence-corrected chi connectivity index (χ4v) is 2.99. The number of rotatable bonds is 4. The lowest BCUT2D eigenvalue weighted by molar-refractivity contribution is 0.413. The molecule has 0 amide bonds. The van der Waals surface area contributed by atoms with Crippen molar-refractivity contribution in [2.24, 2.45) is 0 Å². The SMILES string of the molecule is CN(C)CCc1nc(C(C)(C)C)c(CS)s1. The van der Waals surface area contributed by atoms with E-state index in [1.807, 2.05) is 11.3 Å². The fourth-order valence-electron chi connectivity index (χ4n) is 1.52.